The van der Waals surface area contributed by atoms with Crippen molar-refractivity contribution in [3.05, 3.63) is 107 Å². The monoisotopic (exact) mass is 591 g/mol. The van der Waals surface area contributed by atoms with Crippen molar-refractivity contribution in [3.63, 3.8) is 0 Å². The number of fused-ring (bicyclic) bond motifs is 1. The molecule has 1 aliphatic heterocycles. The quantitative estimate of drug-likeness (QED) is 0.254. The maximum absolute atomic E-state index is 13.4. The second kappa shape index (κ2) is 11.4. The molecule has 0 saturated heterocycles. The molecule has 0 radical (unpaired) electrons. The number of hydrogen-bond donors (Lipinski definition) is 1. The normalized spacial score (nSPS) is 13.8. The average molecular weight is 592 g/mol. The molecule has 4 aromatic carbocycles. The lowest BCUT2D eigenvalue weighted by Gasteiger charge is -2.31. The standard InChI is InChI=1S/C30H28N2O7S2/c1-20-5-9-23(10-6-20)32(40(35)36)29-16-12-25(19-27(29)30(33)34)39-24-11-15-28-22(18-24)4-3-17-31(28)41(37,38)26-13-7-21(2)8-14-26/h5-16,18-19H,3-4,17H2,1-2H3,(H,33,34)(H,35,36)/p-1. The van der Waals surface area contributed by atoms with Gasteiger partial charge in [0, 0.05) is 6.54 Å². The number of ether oxygens (including phenoxy) is 1. The topological polar surface area (TPSA) is 127 Å². The van der Waals surface area contributed by atoms with Crippen LogP contribution in [0.1, 0.15) is 33.5 Å². The minimum absolute atomic E-state index is 0.0376. The van der Waals surface area contributed by atoms with Gasteiger partial charge in [-0.15, -0.1) is 0 Å². The Kier molecular flexibility index (Phi) is 7.85. The maximum atomic E-state index is 13.4. The van der Waals surface area contributed by atoms with Gasteiger partial charge >= 0.3 is 5.97 Å². The van der Waals surface area contributed by atoms with Crippen LogP contribution in [0.3, 0.4) is 0 Å². The van der Waals surface area contributed by atoms with Crippen molar-refractivity contribution in [1.29, 1.82) is 0 Å². The summed E-state index contributed by atoms with van der Waals surface area (Å²) in [6.45, 7) is 4.11. The highest BCUT2D eigenvalue weighted by Crippen LogP contribution is 2.37. The highest BCUT2D eigenvalue weighted by Gasteiger charge is 2.29. The van der Waals surface area contributed by atoms with E-state index in [9.17, 15) is 27.1 Å². The maximum Gasteiger partial charge on any atom is 0.337 e. The van der Waals surface area contributed by atoms with Gasteiger partial charge in [-0.1, -0.05) is 35.4 Å². The van der Waals surface area contributed by atoms with Gasteiger partial charge < -0.3 is 14.4 Å². The van der Waals surface area contributed by atoms with E-state index in [-0.39, 0.29) is 21.9 Å². The Morgan fingerprint density at radius 2 is 1.54 bits per heavy atom. The number of carboxylic acids is 1. The number of anilines is 3. The fraction of sp³-hybridized carbons (Fsp3) is 0.167. The fourth-order valence-electron chi connectivity index (χ4n) is 4.74. The molecule has 41 heavy (non-hydrogen) atoms. The smallest absolute Gasteiger partial charge is 0.337 e. The summed E-state index contributed by atoms with van der Waals surface area (Å²) in [5, 5.41) is 9.90. The van der Waals surface area contributed by atoms with Crippen LogP contribution in [0.4, 0.5) is 17.1 Å². The second-order valence-electron chi connectivity index (χ2n) is 9.72. The lowest BCUT2D eigenvalue weighted by atomic mass is 10.0. The summed E-state index contributed by atoms with van der Waals surface area (Å²) in [4.78, 5) is 12.4. The van der Waals surface area contributed by atoms with E-state index in [4.69, 9.17) is 4.74 Å². The minimum atomic E-state index is -3.75. The number of carboxylic acid groups (broad SMARTS) is 1. The molecule has 0 fully saturated rings. The molecule has 0 aromatic heterocycles. The highest BCUT2D eigenvalue weighted by molar-refractivity contribution is 7.92. The van der Waals surface area contributed by atoms with Crippen molar-refractivity contribution in [2.75, 3.05) is 15.2 Å². The molecular formula is C30H27N2O7S2-. The van der Waals surface area contributed by atoms with Gasteiger partial charge in [-0.2, -0.15) is 0 Å². The zero-order chi connectivity index (χ0) is 29.3. The first-order chi connectivity index (χ1) is 19.5. The first kappa shape index (κ1) is 28.3. The molecule has 0 aliphatic carbocycles. The third kappa shape index (κ3) is 5.83. The molecule has 1 N–H and O–H groups in total. The molecule has 1 aliphatic rings. The summed E-state index contributed by atoms with van der Waals surface area (Å²) in [6.07, 6.45) is 1.27. The van der Waals surface area contributed by atoms with Crippen LogP contribution in [-0.4, -0.2) is 34.8 Å². The van der Waals surface area contributed by atoms with Crippen molar-refractivity contribution in [1.82, 2.24) is 0 Å². The number of carbonyl (C=O) groups is 1. The van der Waals surface area contributed by atoms with Crippen molar-refractivity contribution in [2.24, 2.45) is 0 Å². The van der Waals surface area contributed by atoms with Gasteiger partial charge in [-0.05, 0) is 92.9 Å². The van der Waals surface area contributed by atoms with Crippen LogP contribution in [0.5, 0.6) is 11.5 Å². The minimum Gasteiger partial charge on any atom is -0.755 e. The number of aryl methyl sites for hydroxylation is 3. The lowest BCUT2D eigenvalue weighted by molar-refractivity contribution is 0.0697. The van der Waals surface area contributed by atoms with Crippen molar-refractivity contribution in [3.8, 4) is 11.5 Å². The van der Waals surface area contributed by atoms with E-state index in [1.54, 1.807) is 66.7 Å². The van der Waals surface area contributed by atoms with Gasteiger partial charge in [0.05, 0.1) is 38.8 Å². The summed E-state index contributed by atoms with van der Waals surface area (Å²) in [5.74, 6) is -0.743. The highest BCUT2D eigenvalue weighted by atomic mass is 32.2. The Labute approximate surface area is 241 Å². The molecular weight excluding hydrogens is 564 g/mol. The molecule has 1 atom stereocenters. The van der Waals surface area contributed by atoms with Crippen LogP contribution >= 0.6 is 0 Å². The number of benzene rings is 4. The molecule has 0 spiro atoms. The Bertz CT molecular complexity index is 1740. The van der Waals surface area contributed by atoms with Gasteiger partial charge in [0.1, 0.15) is 11.5 Å². The van der Waals surface area contributed by atoms with Gasteiger partial charge in [0.25, 0.3) is 10.0 Å². The summed E-state index contributed by atoms with van der Waals surface area (Å²) in [5.41, 5.74) is 3.23. The first-order valence-corrected chi connectivity index (χ1v) is 15.3. The molecule has 9 nitrogen and oxygen atoms in total. The van der Waals surface area contributed by atoms with E-state index in [1.807, 2.05) is 13.8 Å². The molecule has 1 heterocycles. The van der Waals surface area contributed by atoms with Gasteiger partial charge in [0.2, 0.25) is 0 Å². The Balaban J connectivity index is 1.44. The molecule has 0 bridgehead atoms. The Morgan fingerprint density at radius 3 is 2.17 bits per heavy atom. The van der Waals surface area contributed by atoms with E-state index >= 15 is 0 Å². The van der Waals surface area contributed by atoms with E-state index in [0.717, 1.165) is 21.0 Å². The average Bonchev–Trinajstić information content (AvgIpc) is 2.94. The third-order valence-electron chi connectivity index (χ3n) is 6.81. The van der Waals surface area contributed by atoms with Gasteiger partial charge in [-0.3, -0.25) is 12.8 Å². The number of rotatable bonds is 8. The van der Waals surface area contributed by atoms with Crippen molar-refractivity contribution in [2.45, 2.75) is 31.6 Å². The largest absolute Gasteiger partial charge is 0.755 e. The summed E-state index contributed by atoms with van der Waals surface area (Å²) < 4.78 is 59.3. The van der Waals surface area contributed by atoms with Crippen LogP contribution in [0.15, 0.2) is 89.8 Å². The molecule has 5 rings (SSSR count). The van der Waals surface area contributed by atoms with Crippen LogP contribution in [-0.2, 0) is 27.7 Å². The Hall–Kier alpha value is -4.19. The zero-order valence-electron chi connectivity index (χ0n) is 22.3. The van der Waals surface area contributed by atoms with Gasteiger partial charge in [-0.25, -0.2) is 13.2 Å². The van der Waals surface area contributed by atoms with Crippen LogP contribution in [0.25, 0.3) is 0 Å². The summed E-state index contributed by atoms with van der Waals surface area (Å²) in [7, 11) is -3.75. The van der Waals surface area contributed by atoms with E-state index in [1.165, 1.54) is 22.5 Å². The molecule has 212 valence electrons. The molecule has 11 heteroatoms. The van der Waals surface area contributed by atoms with Crippen molar-refractivity contribution < 1.29 is 31.8 Å². The number of hydrogen-bond acceptors (Lipinski definition) is 6. The van der Waals surface area contributed by atoms with Gasteiger partial charge in [0.15, 0.2) is 0 Å². The number of nitrogens with zero attached hydrogens (tertiary/aromatic N) is 2. The SMILES string of the molecule is Cc1ccc(N(c2ccc(Oc3ccc4c(c3)CCCN4S(=O)(=O)c3ccc(C)cc3)cc2C(=O)O)S(=O)[O-])cc1. The van der Waals surface area contributed by atoms with E-state index in [0.29, 0.717) is 36.5 Å². The molecule has 1 unspecified atom stereocenters. The van der Waals surface area contributed by atoms with E-state index in [2.05, 4.69) is 0 Å². The number of aromatic carboxylic acids is 1. The predicted molar refractivity (Wildman–Crippen MR) is 156 cm³/mol. The Morgan fingerprint density at radius 1 is 0.927 bits per heavy atom. The molecule has 4 aromatic rings. The molecule has 0 saturated carbocycles. The third-order valence-corrected chi connectivity index (χ3v) is 9.34. The number of sulfonamides is 1. The van der Waals surface area contributed by atoms with Crippen LogP contribution in [0, 0.1) is 13.8 Å². The summed E-state index contributed by atoms with van der Waals surface area (Å²) >= 11 is -2.79. The lowest BCUT2D eigenvalue weighted by Crippen LogP contribution is -2.35. The van der Waals surface area contributed by atoms with Crippen molar-refractivity contribution >= 4 is 44.3 Å². The van der Waals surface area contributed by atoms with E-state index < -0.39 is 27.3 Å². The van der Waals surface area contributed by atoms with Crippen LogP contribution in [0.2, 0.25) is 0 Å². The second-order valence-corrected chi connectivity index (χ2v) is 12.4. The molecule has 0 amide bonds. The fourth-order valence-corrected chi connectivity index (χ4v) is 6.89. The summed E-state index contributed by atoms with van der Waals surface area (Å²) in [6, 6.07) is 22.6. The predicted octanol–water partition coefficient (Wildman–Crippen LogP) is 5.87. The first-order valence-electron chi connectivity index (χ1n) is 12.8. The zero-order valence-corrected chi connectivity index (χ0v) is 23.9. The van der Waals surface area contributed by atoms with Crippen LogP contribution < -0.4 is 13.3 Å².